The number of aromatic nitrogens is 4. The van der Waals surface area contributed by atoms with Gasteiger partial charge in [-0.2, -0.15) is 0 Å². The predicted octanol–water partition coefficient (Wildman–Crippen LogP) is -2.01. The van der Waals surface area contributed by atoms with Crippen molar-refractivity contribution in [2.75, 3.05) is 12.3 Å². The fourth-order valence-electron chi connectivity index (χ4n) is 2.23. The maximum atomic E-state index is 9.85. The summed E-state index contributed by atoms with van der Waals surface area (Å²) in [6.45, 7) is -0.310. The van der Waals surface area contributed by atoms with Crippen LogP contribution in [-0.4, -0.2) is 54.6 Å². The monoisotopic (exact) mass is 266 g/mol. The molecule has 0 aliphatic carbocycles. The first-order valence-corrected chi connectivity index (χ1v) is 5.76. The quantitative estimate of drug-likeness (QED) is 0.487. The van der Waals surface area contributed by atoms with Crippen LogP contribution in [0, 0.1) is 0 Å². The molecule has 1 aliphatic rings. The fourth-order valence-corrected chi connectivity index (χ4v) is 2.23. The molecular weight excluding hydrogens is 252 g/mol. The molecule has 6 N–H and O–H groups in total. The lowest BCUT2D eigenvalue weighted by Gasteiger charge is -2.17. The van der Waals surface area contributed by atoms with Crippen LogP contribution in [0.4, 0.5) is 5.82 Å². The highest BCUT2D eigenvalue weighted by Crippen LogP contribution is 2.30. The van der Waals surface area contributed by atoms with Gasteiger partial charge in [-0.3, -0.25) is 4.57 Å². The van der Waals surface area contributed by atoms with Gasteiger partial charge in [0.1, 0.15) is 24.1 Å². The summed E-state index contributed by atoms with van der Waals surface area (Å²) in [5.74, 6) is 0.259. The van der Waals surface area contributed by atoms with E-state index in [-0.39, 0.29) is 12.4 Å². The third-order valence-electron chi connectivity index (χ3n) is 3.26. The first-order chi connectivity index (χ1) is 9.13. The lowest BCUT2D eigenvalue weighted by molar-refractivity contribution is -0.0437. The first-order valence-electron chi connectivity index (χ1n) is 5.76. The second-order valence-corrected chi connectivity index (χ2v) is 4.40. The summed E-state index contributed by atoms with van der Waals surface area (Å²) in [7, 11) is 0. The number of fused-ring (bicyclic) bond motifs is 1. The highest BCUT2D eigenvalue weighted by Gasteiger charge is 2.42. The van der Waals surface area contributed by atoms with E-state index in [4.69, 9.17) is 21.3 Å². The second kappa shape index (κ2) is 4.38. The number of imidazole rings is 1. The van der Waals surface area contributed by atoms with Crippen LogP contribution in [0.15, 0.2) is 12.7 Å². The molecule has 3 heterocycles. The number of anilines is 1. The van der Waals surface area contributed by atoms with Gasteiger partial charge in [-0.15, -0.1) is 0 Å². The first kappa shape index (κ1) is 12.2. The number of hydrogen-bond donors (Lipinski definition) is 4. The normalized spacial score (nSPS) is 31.1. The van der Waals surface area contributed by atoms with Gasteiger partial charge in [-0.1, -0.05) is 0 Å². The molecule has 2 aromatic heterocycles. The van der Waals surface area contributed by atoms with Gasteiger partial charge in [-0.25, -0.2) is 15.0 Å². The largest absolute Gasteiger partial charge is 0.394 e. The van der Waals surface area contributed by atoms with Crippen molar-refractivity contribution < 1.29 is 14.9 Å². The highest BCUT2D eigenvalue weighted by molar-refractivity contribution is 5.81. The number of nitrogen functional groups attached to an aromatic ring is 1. The number of aliphatic hydroxyl groups is 2. The zero-order valence-corrected chi connectivity index (χ0v) is 9.92. The molecule has 0 spiro atoms. The van der Waals surface area contributed by atoms with Gasteiger partial charge in [0.2, 0.25) is 0 Å². The van der Waals surface area contributed by atoms with E-state index in [1.165, 1.54) is 12.7 Å². The second-order valence-electron chi connectivity index (χ2n) is 4.40. The van der Waals surface area contributed by atoms with E-state index in [1.54, 1.807) is 4.57 Å². The lowest BCUT2D eigenvalue weighted by atomic mass is 10.1. The zero-order valence-electron chi connectivity index (χ0n) is 9.92. The van der Waals surface area contributed by atoms with Gasteiger partial charge in [0.15, 0.2) is 17.7 Å². The molecule has 2 aromatic rings. The van der Waals surface area contributed by atoms with Crippen LogP contribution in [0.5, 0.6) is 0 Å². The average molecular weight is 266 g/mol. The molecule has 0 saturated carbocycles. The van der Waals surface area contributed by atoms with Crippen LogP contribution < -0.4 is 11.5 Å². The van der Waals surface area contributed by atoms with E-state index in [0.717, 1.165) is 0 Å². The van der Waals surface area contributed by atoms with Crippen molar-refractivity contribution in [3.63, 3.8) is 0 Å². The number of ether oxygens (including phenoxy) is 1. The summed E-state index contributed by atoms with van der Waals surface area (Å²) < 4.78 is 7.10. The molecule has 0 unspecified atom stereocenters. The molecule has 0 radical (unpaired) electrons. The number of aliphatic hydroxyl groups excluding tert-OH is 2. The smallest absolute Gasteiger partial charge is 0.167 e. The van der Waals surface area contributed by atoms with Crippen molar-refractivity contribution in [3.05, 3.63) is 12.7 Å². The van der Waals surface area contributed by atoms with Crippen molar-refractivity contribution in [2.24, 2.45) is 5.73 Å². The summed E-state index contributed by atoms with van der Waals surface area (Å²) in [6, 6.07) is -0.689. The summed E-state index contributed by atoms with van der Waals surface area (Å²) in [5, 5.41) is 19.0. The Balaban J connectivity index is 2.04. The van der Waals surface area contributed by atoms with Gasteiger partial charge < -0.3 is 26.4 Å². The standard InChI is InChI=1S/C10H14N6O3/c11-5-7(18)4(1-17)19-10(5)16-3-15-6-8(12)13-2-14-9(6)16/h2-5,7,10,17-18H,1,11H2,(H2,12,13,14)/t4-,5-,7-,10+/m1/s1. The van der Waals surface area contributed by atoms with Gasteiger partial charge in [-0.05, 0) is 0 Å². The Kier molecular flexibility index (Phi) is 2.82. The van der Waals surface area contributed by atoms with Gasteiger partial charge in [0.25, 0.3) is 0 Å². The Morgan fingerprint density at radius 1 is 1.37 bits per heavy atom. The zero-order chi connectivity index (χ0) is 13.6. The van der Waals surface area contributed by atoms with Crippen molar-refractivity contribution in [2.45, 2.75) is 24.5 Å². The summed E-state index contributed by atoms with van der Waals surface area (Å²) in [5.41, 5.74) is 12.5. The molecule has 3 rings (SSSR count). The van der Waals surface area contributed by atoms with Crippen LogP contribution in [-0.2, 0) is 4.74 Å². The van der Waals surface area contributed by atoms with E-state index in [0.29, 0.717) is 11.2 Å². The fraction of sp³-hybridized carbons (Fsp3) is 0.500. The number of hydrogen-bond acceptors (Lipinski definition) is 8. The summed E-state index contributed by atoms with van der Waals surface area (Å²) in [6.07, 6.45) is 0.456. The molecule has 102 valence electrons. The number of nitrogens with zero attached hydrogens (tertiary/aromatic N) is 4. The van der Waals surface area contributed by atoms with Gasteiger partial charge in [0.05, 0.1) is 19.0 Å². The highest BCUT2D eigenvalue weighted by atomic mass is 16.5. The SMILES string of the molecule is Nc1ncnc2c1ncn2[C@H]1O[C@H](CO)[C@@H](O)[C@H]1N. The molecule has 9 nitrogen and oxygen atoms in total. The maximum Gasteiger partial charge on any atom is 0.167 e. The molecule has 0 aromatic carbocycles. The Labute approximate surface area is 107 Å². The molecular formula is C10H14N6O3. The van der Waals surface area contributed by atoms with Crippen LogP contribution in [0.1, 0.15) is 6.23 Å². The van der Waals surface area contributed by atoms with E-state index < -0.39 is 24.5 Å². The molecule has 1 fully saturated rings. The minimum absolute atomic E-state index is 0.259. The average Bonchev–Trinajstić information content (AvgIpc) is 2.94. The van der Waals surface area contributed by atoms with Gasteiger partial charge in [0, 0.05) is 0 Å². The third-order valence-corrected chi connectivity index (χ3v) is 3.26. The molecule has 0 amide bonds. The van der Waals surface area contributed by atoms with Crippen molar-refractivity contribution in [3.8, 4) is 0 Å². The summed E-state index contributed by atoms with van der Waals surface area (Å²) >= 11 is 0. The number of rotatable bonds is 2. The van der Waals surface area contributed by atoms with Crippen molar-refractivity contribution in [1.29, 1.82) is 0 Å². The molecule has 19 heavy (non-hydrogen) atoms. The van der Waals surface area contributed by atoms with Crippen molar-refractivity contribution in [1.82, 2.24) is 19.5 Å². The third kappa shape index (κ3) is 1.75. The number of nitrogens with two attached hydrogens (primary N) is 2. The minimum Gasteiger partial charge on any atom is -0.394 e. The lowest BCUT2D eigenvalue weighted by Crippen LogP contribution is -2.39. The van der Waals surface area contributed by atoms with Gasteiger partial charge >= 0.3 is 0 Å². The van der Waals surface area contributed by atoms with E-state index in [9.17, 15) is 5.11 Å². The van der Waals surface area contributed by atoms with Crippen LogP contribution >= 0.6 is 0 Å². The Hall–Kier alpha value is -1.81. The Bertz CT molecular complexity index is 602. The molecule has 1 aliphatic heterocycles. The Morgan fingerprint density at radius 3 is 2.84 bits per heavy atom. The molecule has 1 saturated heterocycles. The van der Waals surface area contributed by atoms with Crippen LogP contribution in [0.25, 0.3) is 11.2 Å². The van der Waals surface area contributed by atoms with E-state index in [1.807, 2.05) is 0 Å². The van der Waals surface area contributed by atoms with E-state index in [2.05, 4.69) is 15.0 Å². The van der Waals surface area contributed by atoms with Crippen LogP contribution in [0.2, 0.25) is 0 Å². The van der Waals surface area contributed by atoms with Crippen LogP contribution in [0.3, 0.4) is 0 Å². The maximum absolute atomic E-state index is 9.85. The molecule has 0 bridgehead atoms. The molecule has 4 atom stereocenters. The minimum atomic E-state index is -0.952. The predicted molar refractivity (Wildman–Crippen MR) is 64.7 cm³/mol. The Morgan fingerprint density at radius 2 is 2.16 bits per heavy atom. The molecule has 9 heteroatoms. The topological polar surface area (TPSA) is 145 Å². The van der Waals surface area contributed by atoms with E-state index >= 15 is 0 Å². The summed E-state index contributed by atoms with van der Waals surface area (Å²) in [4.78, 5) is 12.0. The van der Waals surface area contributed by atoms with Crippen molar-refractivity contribution >= 4 is 17.0 Å².